The molecule has 3 atom stereocenters. The Labute approximate surface area is 158 Å². The lowest BCUT2D eigenvalue weighted by atomic mass is 9.87. The third kappa shape index (κ3) is 2.97. The van der Waals surface area contributed by atoms with Crippen LogP contribution in [-0.4, -0.2) is 35.0 Å². The summed E-state index contributed by atoms with van der Waals surface area (Å²) in [4.78, 5) is 20.7. The normalized spacial score (nSPS) is 29.0. The molecule has 1 aromatic heterocycles. The van der Waals surface area contributed by atoms with Gasteiger partial charge < -0.3 is 15.8 Å². The van der Waals surface area contributed by atoms with E-state index in [1.165, 1.54) is 13.1 Å². The number of nitrogens with two attached hydrogens (primary N) is 1. The Bertz CT molecular complexity index is 968. The molecular weight excluding hydrogens is 378 g/mol. The summed E-state index contributed by atoms with van der Waals surface area (Å²) in [7, 11) is 0. The zero-order valence-electron chi connectivity index (χ0n) is 14.4. The van der Waals surface area contributed by atoms with Gasteiger partial charge in [-0.15, -0.1) is 0 Å². The number of para-hydroxylation sites is 1. The number of amidine groups is 1. The smallest absolute Gasteiger partial charge is 0.306 e. The Morgan fingerprint density at radius 3 is 3.00 bits per heavy atom. The molecule has 1 fully saturated rings. The van der Waals surface area contributed by atoms with Crippen LogP contribution >= 0.6 is 11.6 Å². The number of anilines is 1. The van der Waals surface area contributed by atoms with Crippen molar-refractivity contribution in [2.45, 2.75) is 24.8 Å². The maximum absolute atomic E-state index is 14.4. The maximum atomic E-state index is 14.4. The molecule has 0 bridgehead atoms. The van der Waals surface area contributed by atoms with E-state index in [0.717, 1.165) is 5.39 Å². The molecule has 1 saturated carbocycles. The molecule has 1 amide bonds. The van der Waals surface area contributed by atoms with Crippen LogP contribution in [0.5, 0.6) is 0 Å². The number of hydrogen-bond donors (Lipinski definition) is 2. The molecule has 3 unspecified atom stereocenters. The number of ether oxygens (including phenoxy) is 1. The summed E-state index contributed by atoms with van der Waals surface area (Å²) in [6.07, 6.45) is 1.79. The van der Waals surface area contributed by atoms with Crippen molar-refractivity contribution >= 4 is 40.1 Å². The second kappa shape index (κ2) is 6.02. The second-order valence-electron chi connectivity index (χ2n) is 7.06. The molecule has 9 heteroatoms. The number of carbonyl (C=O) groups is 1. The number of aliphatic imine (C=N–C) groups is 1. The van der Waals surface area contributed by atoms with Crippen LogP contribution in [0.4, 0.5) is 14.5 Å². The fourth-order valence-electron chi connectivity index (χ4n) is 3.57. The number of alkyl halides is 2. The molecule has 1 aliphatic heterocycles. The van der Waals surface area contributed by atoms with Crippen LogP contribution in [0.25, 0.3) is 10.9 Å². The van der Waals surface area contributed by atoms with E-state index in [4.69, 9.17) is 17.3 Å². The molecule has 4 rings (SSSR count). The number of amides is 1. The Morgan fingerprint density at radius 1 is 1.44 bits per heavy atom. The van der Waals surface area contributed by atoms with E-state index >= 15 is 0 Å². The van der Waals surface area contributed by atoms with Gasteiger partial charge in [0.15, 0.2) is 6.61 Å². The number of pyridine rings is 1. The van der Waals surface area contributed by atoms with Crippen LogP contribution in [0.2, 0.25) is 5.02 Å². The van der Waals surface area contributed by atoms with Crippen molar-refractivity contribution in [3.05, 3.63) is 35.5 Å². The zero-order chi connectivity index (χ0) is 19.4. The topological polar surface area (TPSA) is 89.6 Å². The largest absolute Gasteiger partial charge is 0.459 e. The molecular formula is C18H17ClF2N4O2. The molecule has 2 aromatic rings. The van der Waals surface area contributed by atoms with Crippen molar-refractivity contribution in [3.63, 3.8) is 0 Å². The minimum Gasteiger partial charge on any atom is -0.459 e. The van der Waals surface area contributed by atoms with E-state index < -0.39 is 29.9 Å². The van der Waals surface area contributed by atoms with Gasteiger partial charge in [-0.3, -0.25) is 9.78 Å². The highest BCUT2D eigenvalue weighted by Crippen LogP contribution is 2.55. The van der Waals surface area contributed by atoms with Crippen LogP contribution in [0, 0.1) is 11.8 Å². The van der Waals surface area contributed by atoms with Crippen molar-refractivity contribution in [2.75, 3.05) is 11.9 Å². The quantitative estimate of drug-likeness (QED) is 0.836. The first-order valence-corrected chi connectivity index (χ1v) is 8.80. The minimum atomic E-state index is -3.20. The van der Waals surface area contributed by atoms with Crippen molar-refractivity contribution in [1.29, 1.82) is 0 Å². The van der Waals surface area contributed by atoms with Crippen LogP contribution in [0.1, 0.15) is 13.3 Å². The van der Waals surface area contributed by atoms with Crippen LogP contribution < -0.4 is 11.1 Å². The monoisotopic (exact) mass is 394 g/mol. The Kier molecular flexibility index (Phi) is 3.99. The number of carbonyl (C=O) groups excluding carboxylic acids is 1. The van der Waals surface area contributed by atoms with Gasteiger partial charge in [0.25, 0.3) is 6.02 Å². The number of nitrogens with zero attached hydrogens (tertiary/aromatic N) is 2. The van der Waals surface area contributed by atoms with Gasteiger partial charge in [0.2, 0.25) is 5.91 Å². The first-order chi connectivity index (χ1) is 12.7. The average Bonchev–Trinajstić information content (AvgIpc) is 3.40. The maximum Gasteiger partial charge on any atom is 0.306 e. The number of aromatic nitrogens is 1. The van der Waals surface area contributed by atoms with Gasteiger partial charge in [-0.1, -0.05) is 23.7 Å². The lowest BCUT2D eigenvalue weighted by Crippen LogP contribution is -2.55. The standard InChI is InChI=1S/C18H17ClF2N4O2/c1-17(18(20,21)8-27-16(22)25-17)12-6-11(12)15(26)24-13-4-2-3-9-5-10(19)7-23-14(9)13/h2-5,7,11-12H,6,8H2,1H3,(H2,22,25)(H,24,26). The van der Waals surface area contributed by atoms with Gasteiger partial charge in [0, 0.05) is 23.4 Å². The van der Waals surface area contributed by atoms with Crippen molar-refractivity contribution < 1.29 is 18.3 Å². The predicted molar refractivity (Wildman–Crippen MR) is 97.9 cm³/mol. The average molecular weight is 395 g/mol. The number of benzene rings is 1. The van der Waals surface area contributed by atoms with Gasteiger partial charge in [-0.2, -0.15) is 0 Å². The van der Waals surface area contributed by atoms with Crippen LogP contribution in [0.15, 0.2) is 35.5 Å². The Balaban J connectivity index is 1.55. The molecule has 0 radical (unpaired) electrons. The molecule has 0 spiro atoms. The minimum absolute atomic E-state index is 0.274. The highest BCUT2D eigenvalue weighted by Gasteiger charge is 2.66. The lowest BCUT2D eigenvalue weighted by molar-refractivity contribution is -0.127. The molecule has 3 N–H and O–H groups in total. The summed E-state index contributed by atoms with van der Waals surface area (Å²) in [5, 5.41) is 4.05. The molecule has 1 aromatic carbocycles. The summed E-state index contributed by atoms with van der Waals surface area (Å²) in [6, 6.07) is 6.76. The molecule has 6 nitrogen and oxygen atoms in total. The summed E-state index contributed by atoms with van der Waals surface area (Å²) in [5.74, 6) is -4.75. The van der Waals surface area contributed by atoms with Gasteiger partial charge in [-0.05, 0) is 25.5 Å². The van der Waals surface area contributed by atoms with Gasteiger partial charge in [0.05, 0.1) is 16.2 Å². The van der Waals surface area contributed by atoms with E-state index in [-0.39, 0.29) is 11.9 Å². The fourth-order valence-corrected chi connectivity index (χ4v) is 3.74. The van der Waals surface area contributed by atoms with E-state index in [1.54, 1.807) is 18.2 Å². The van der Waals surface area contributed by atoms with E-state index in [1.807, 2.05) is 6.07 Å². The summed E-state index contributed by atoms with van der Waals surface area (Å²) in [6.45, 7) is 0.486. The van der Waals surface area contributed by atoms with Crippen molar-refractivity contribution in [2.24, 2.45) is 22.6 Å². The first kappa shape index (κ1) is 17.9. The number of halogens is 3. The molecule has 0 saturated heterocycles. The third-order valence-corrected chi connectivity index (χ3v) is 5.48. The van der Waals surface area contributed by atoms with Gasteiger partial charge >= 0.3 is 5.92 Å². The van der Waals surface area contributed by atoms with E-state index in [2.05, 4.69) is 20.0 Å². The molecule has 1 aliphatic carbocycles. The highest BCUT2D eigenvalue weighted by molar-refractivity contribution is 6.31. The van der Waals surface area contributed by atoms with E-state index in [9.17, 15) is 13.6 Å². The molecule has 2 heterocycles. The number of hydrogen-bond acceptors (Lipinski definition) is 5. The molecule has 2 aliphatic rings. The number of rotatable bonds is 3. The second-order valence-corrected chi connectivity index (χ2v) is 7.50. The predicted octanol–water partition coefficient (Wildman–Crippen LogP) is 3.20. The molecule has 142 valence electrons. The summed E-state index contributed by atoms with van der Waals surface area (Å²) >= 11 is 5.94. The first-order valence-electron chi connectivity index (χ1n) is 8.42. The SMILES string of the molecule is CC1(C2CC2C(=O)Nc2cccc3cc(Cl)cnc23)N=C(N)OCC1(F)F. The van der Waals surface area contributed by atoms with Crippen molar-refractivity contribution in [1.82, 2.24) is 4.98 Å². The lowest BCUT2D eigenvalue weighted by Gasteiger charge is -2.37. The zero-order valence-corrected chi connectivity index (χ0v) is 15.1. The van der Waals surface area contributed by atoms with Gasteiger partial charge in [-0.25, -0.2) is 13.8 Å². The highest BCUT2D eigenvalue weighted by atomic mass is 35.5. The number of fused-ring (bicyclic) bond motifs is 1. The molecule has 27 heavy (non-hydrogen) atoms. The van der Waals surface area contributed by atoms with Crippen LogP contribution in [0.3, 0.4) is 0 Å². The number of nitrogens with one attached hydrogen (secondary N) is 1. The Hall–Kier alpha value is -2.48. The van der Waals surface area contributed by atoms with Crippen LogP contribution in [-0.2, 0) is 9.53 Å². The summed E-state index contributed by atoms with van der Waals surface area (Å²) in [5.41, 5.74) is 4.82. The third-order valence-electron chi connectivity index (χ3n) is 5.27. The fraction of sp³-hybridized carbons (Fsp3) is 0.389. The van der Waals surface area contributed by atoms with Gasteiger partial charge in [0.1, 0.15) is 5.54 Å². The van der Waals surface area contributed by atoms with E-state index in [0.29, 0.717) is 22.6 Å². The van der Waals surface area contributed by atoms with Crippen molar-refractivity contribution in [3.8, 4) is 0 Å². The Morgan fingerprint density at radius 2 is 2.22 bits per heavy atom. The summed E-state index contributed by atoms with van der Waals surface area (Å²) < 4.78 is 33.4.